The maximum atomic E-state index is 13.8. The topological polar surface area (TPSA) is 67.9 Å². The van der Waals surface area contributed by atoms with Crippen molar-refractivity contribution >= 4 is 16.3 Å². The molecule has 4 heterocycles. The maximum Gasteiger partial charge on any atom is 0.416 e. The normalized spacial score (nSPS) is 17.8. The molecule has 1 unspecified atom stereocenters. The second-order valence-electron chi connectivity index (χ2n) is 4.80. The van der Waals surface area contributed by atoms with E-state index in [1.165, 1.54) is 45.8 Å². The minimum atomic E-state index is -4.51. The van der Waals surface area contributed by atoms with E-state index in [0.717, 1.165) is 9.91 Å². The van der Waals surface area contributed by atoms with Gasteiger partial charge in [0.15, 0.2) is 6.04 Å². The fourth-order valence-electron chi connectivity index (χ4n) is 2.61. The molecular weight excluding hydrogens is 333 g/mol. The van der Waals surface area contributed by atoms with Crippen LogP contribution in [0.2, 0.25) is 0 Å². The van der Waals surface area contributed by atoms with Gasteiger partial charge in [0.1, 0.15) is 5.00 Å². The lowest BCUT2D eigenvalue weighted by Gasteiger charge is -2.32. The molecule has 8 nitrogen and oxygen atoms in total. The van der Waals surface area contributed by atoms with Gasteiger partial charge < -0.3 is 0 Å². The fourth-order valence-corrected chi connectivity index (χ4v) is 3.65. The quantitative estimate of drug-likeness (QED) is 0.704. The predicted molar refractivity (Wildman–Crippen MR) is 74.7 cm³/mol. The lowest BCUT2D eigenvalue weighted by Crippen LogP contribution is -2.50. The van der Waals surface area contributed by atoms with E-state index in [9.17, 15) is 13.2 Å². The van der Waals surface area contributed by atoms with Gasteiger partial charge in [-0.05, 0) is 5.21 Å². The van der Waals surface area contributed by atoms with Crippen molar-refractivity contribution in [2.75, 3.05) is 17.2 Å². The van der Waals surface area contributed by atoms with Crippen LogP contribution in [0.3, 0.4) is 0 Å². The standard InChI is InChI=1S/C11H9F3N8S/c1-19-10-8(7(6-23-10)20-4-2-15-17-20)9(11(12,13)14)22(19)21-5-3-16-18-21/h2-6,9H,1H3. The molecule has 0 fully saturated rings. The van der Waals surface area contributed by atoms with Crippen LogP contribution in [0.1, 0.15) is 11.6 Å². The Morgan fingerprint density at radius 2 is 1.87 bits per heavy atom. The first-order valence-corrected chi connectivity index (χ1v) is 7.30. The van der Waals surface area contributed by atoms with Gasteiger partial charge in [0.05, 0.1) is 30.5 Å². The fraction of sp³-hybridized carbons (Fsp3) is 0.273. The van der Waals surface area contributed by atoms with E-state index in [4.69, 9.17) is 0 Å². The van der Waals surface area contributed by atoms with Gasteiger partial charge in [-0.1, -0.05) is 5.21 Å². The van der Waals surface area contributed by atoms with Crippen molar-refractivity contribution in [3.63, 3.8) is 0 Å². The highest BCUT2D eigenvalue weighted by molar-refractivity contribution is 7.14. The van der Waals surface area contributed by atoms with Gasteiger partial charge in [0.2, 0.25) is 0 Å². The molecule has 0 aromatic carbocycles. The first-order valence-electron chi connectivity index (χ1n) is 6.42. The number of rotatable bonds is 2. The van der Waals surface area contributed by atoms with Crippen molar-refractivity contribution in [1.82, 2.24) is 30.1 Å². The van der Waals surface area contributed by atoms with Gasteiger partial charge in [-0.25, -0.2) is 4.68 Å². The van der Waals surface area contributed by atoms with Crippen LogP contribution in [-0.4, -0.2) is 43.3 Å². The molecule has 12 heteroatoms. The molecule has 0 spiro atoms. The monoisotopic (exact) mass is 342 g/mol. The zero-order valence-corrected chi connectivity index (χ0v) is 12.4. The molecule has 1 aliphatic rings. The zero-order chi connectivity index (χ0) is 16.2. The van der Waals surface area contributed by atoms with Crippen molar-refractivity contribution in [2.24, 2.45) is 0 Å². The smallest absolute Gasteiger partial charge is 0.261 e. The number of fused-ring (bicyclic) bond motifs is 1. The Morgan fingerprint density at radius 3 is 2.48 bits per heavy atom. The van der Waals surface area contributed by atoms with Crippen LogP contribution in [0, 0.1) is 0 Å². The molecule has 0 radical (unpaired) electrons. The summed E-state index contributed by atoms with van der Waals surface area (Å²) in [7, 11) is 1.55. The maximum absolute atomic E-state index is 13.8. The molecule has 23 heavy (non-hydrogen) atoms. The number of halogens is 3. The van der Waals surface area contributed by atoms with Gasteiger partial charge in [-0.3, -0.25) is 5.01 Å². The molecule has 0 saturated carbocycles. The highest BCUT2D eigenvalue weighted by Gasteiger charge is 2.55. The SMILES string of the molecule is CN1c2scc(-n3ccnn3)c2C(C(F)(F)F)N1n1ccnn1. The molecule has 4 rings (SSSR count). The lowest BCUT2D eigenvalue weighted by molar-refractivity contribution is -0.153. The summed E-state index contributed by atoms with van der Waals surface area (Å²) in [6.45, 7) is 0. The summed E-state index contributed by atoms with van der Waals surface area (Å²) in [4.78, 5) is 1.07. The number of hydrogen-bond donors (Lipinski definition) is 0. The van der Waals surface area contributed by atoms with E-state index < -0.39 is 12.2 Å². The van der Waals surface area contributed by atoms with Crippen LogP contribution < -0.4 is 10.1 Å². The molecule has 0 aliphatic carbocycles. The first kappa shape index (κ1) is 14.0. The molecule has 0 saturated heterocycles. The van der Waals surface area contributed by atoms with E-state index in [1.807, 2.05) is 0 Å². The molecule has 3 aromatic heterocycles. The van der Waals surface area contributed by atoms with E-state index in [1.54, 1.807) is 12.4 Å². The van der Waals surface area contributed by atoms with Gasteiger partial charge in [0, 0.05) is 18.0 Å². The predicted octanol–water partition coefficient (Wildman–Crippen LogP) is 1.53. The van der Waals surface area contributed by atoms with Crippen LogP contribution >= 0.6 is 11.3 Å². The second kappa shape index (κ2) is 4.68. The largest absolute Gasteiger partial charge is 0.416 e. The van der Waals surface area contributed by atoms with Gasteiger partial charge in [-0.2, -0.15) is 18.3 Å². The van der Waals surface area contributed by atoms with Crippen LogP contribution in [-0.2, 0) is 0 Å². The molecule has 0 N–H and O–H groups in total. The highest BCUT2D eigenvalue weighted by atomic mass is 32.1. The summed E-state index contributed by atoms with van der Waals surface area (Å²) in [5.74, 6) is 0. The number of thiophene rings is 1. The Labute approximate surface area is 131 Å². The third-order valence-corrected chi connectivity index (χ3v) is 4.54. The van der Waals surface area contributed by atoms with E-state index in [0.29, 0.717) is 10.7 Å². The summed E-state index contributed by atoms with van der Waals surface area (Å²) >= 11 is 1.20. The average molecular weight is 342 g/mol. The number of anilines is 1. The lowest BCUT2D eigenvalue weighted by atomic mass is 10.1. The summed E-state index contributed by atoms with van der Waals surface area (Å²) in [6, 6.07) is -1.89. The molecule has 1 atom stereocenters. The van der Waals surface area contributed by atoms with Crippen molar-refractivity contribution in [2.45, 2.75) is 12.2 Å². The highest BCUT2D eigenvalue weighted by Crippen LogP contribution is 2.51. The number of nitrogens with zero attached hydrogens (tertiary/aromatic N) is 8. The Bertz CT molecular complexity index is 809. The number of hydrogen-bond acceptors (Lipinski definition) is 7. The van der Waals surface area contributed by atoms with Gasteiger partial charge >= 0.3 is 6.18 Å². The Hall–Kier alpha value is -2.63. The van der Waals surface area contributed by atoms with Crippen molar-refractivity contribution in [3.05, 3.63) is 35.7 Å². The van der Waals surface area contributed by atoms with Gasteiger partial charge in [-0.15, -0.1) is 26.3 Å². The summed E-state index contributed by atoms with van der Waals surface area (Å²) in [6.07, 6.45) is 1.10. The number of aromatic nitrogens is 6. The van der Waals surface area contributed by atoms with Crippen LogP contribution in [0.4, 0.5) is 18.2 Å². The van der Waals surface area contributed by atoms with E-state index in [-0.39, 0.29) is 5.56 Å². The average Bonchev–Trinajstić information content (AvgIpc) is 3.23. The summed E-state index contributed by atoms with van der Waals surface area (Å²) in [5.41, 5.74) is 0.463. The Morgan fingerprint density at radius 1 is 1.13 bits per heavy atom. The van der Waals surface area contributed by atoms with Crippen LogP contribution in [0.5, 0.6) is 0 Å². The molecule has 3 aromatic rings. The molecule has 120 valence electrons. The van der Waals surface area contributed by atoms with Crippen molar-refractivity contribution < 1.29 is 13.2 Å². The van der Waals surface area contributed by atoms with Crippen LogP contribution in [0.25, 0.3) is 5.69 Å². The van der Waals surface area contributed by atoms with E-state index >= 15 is 0 Å². The molecular formula is C11H9F3N8S. The first-order chi connectivity index (χ1) is 11.0. The molecule has 1 aliphatic heterocycles. The minimum absolute atomic E-state index is 0.117. The zero-order valence-electron chi connectivity index (χ0n) is 11.6. The van der Waals surface area contributed by atoms with Gasteiger partial charge in [0.25, 0.3) is 0 Å². The molecule has 0 amide bonds. The van der Waals surface area contributed by atoms with Crippen molar-refractivity contribution in [3.8, 4) is 5.69 Å². The second-order valence-corrected chi connectivity index (χ2v) is 5.66. The third kappa shape index (κ3) is 1.98. The van der Waals surface area contributed by atoms with E-state index in [2.05, 4.69) is 20.6 Å². The number of hydrazine groups is 1. The third-order valence-electron chi connectivity index (χ3n) is 3.49. The van der Waals surface area contributed by atoms with Crippen molar-refractivity contribution in [1.29, 1.82) is 0 Å². The van der Waals surface area contributed by atoms with Crippen LogP contribution in [0.15, 0.2) is 30.2 Å². The summed E-state index contributed by atoms with van der Waals surface area (Å²) in [5, 5.41) is 19.3. The Balaban J connectivity index is 1.91. The number of alkyl halides is 3. The summed E-state index contributed by atoms with van der Waals surface area (Å²) < 4.78 is 42.7. The molecule has 0 bridgehead atoms. The minimum Gasteiger partial charge on any atom is -0.261 e. The Kier molecular flexibility index (Phi) is 2.85.